The number of benzene rings is 4. The van der Waals surface area contributed by atoms with E-state index in [2.05, 4.69) is 20.4 Å². The molecule has 50 heavy (non-hydrogen) atoms. The molecule has 10 nitrogen and oxygen atoms in total. The second kappa shape index (κ2) is 16.0. The smallest absolute Gasteiger partial charge is 0.248 e. The number of hydrogen-bond acceptors (Lipinski definition) is 9. The van der Waals surface area contributed by atoms with Crippen molar-refractivity contribution in [3.8, 4) is 11.5 Å². The van der Waals surface area contributed by atoms with E-state index in [1.165, 1.54) is 12.1 Å². The minimum Gasteiger partial charge on any atom is -0.506 e. The fourth-order valence-corrected chi connectivity index (χ4v) is 6.13. The van der Waals surface area contributed by atoms with E-state index >= 15 is 0 Å². The van der Waals surface area contributed by atoms with Gasteiger partial charge in [-0.25, -0.2) is 0 Å². The number of aliphatic hydroxyl groups excluding tert-OH is 1. The summed E-state index contributed by atoms with van der Waals surface area (Å²) < 4.78 is 11.7. The third-order valence-electron chi connectivity index (χ3n) is 8.81. The average Bonchev–Trinajstić information content (AvgIpc) is 3.62. The summed E-state index contributed by atoms with van der Waals surface area (Å²) in [5.41, 5.74) is 2.25. The molecule has 0 aliphatic carbocycles. The number of H-pyrrole nitrogens is 1. The van der Waals surface area contributed by atoms with Crippen molar-refractivity contribution < 1.29 is 24.6 Å². The molecule has 2 aromatic heterocycles. The van der Waals surface area contributed by atoms with Crippen molar-refractivity contribution in [3.63, 3.8) is 0 Å². The molecule has 0 amide bonds. The zero-order valence-corrected chi connectivity index (χ0v) is 28.0. The van der Waals surface area contributed by atoms with Crippen molar-refractivity contribution in [1.82, 2.24) is 20.4 Å². The van der Waals surface area contributed by atoms with Gasteiger partial charge in [-0.3, -0.25) is 9.69 Å². The quantitative estimate of drug-likeness (QED) is 0.0868. The lowest BCUT2D eigenvalue weighted by Crippen LogP contribution is -2.29. The number of aliphatic hydroxyl groups is 2. The summed E-state index contributed by atoms with van der Waals surface area (Å²) in [6.07, 6.45) is 0.792. The number of nitrogens with one attached hydrogen (secondary N) is 2. The number of aromatic hydroxyl groups is 1. The van der Waals surface area contributed by atoms with Crippen LogP contribution in [0.1, 0.15) is 46.2 Å². The van der Waals surface area contributed by atoms with E-state index < -0.39 is 11.7 Å². The van der Waals surface area contributed by atoms with Crippen LogP contribution in [0.15, 0.2) is 125 Å². The first-order valence-corrected chi connectivity index (χ1v) is 16.7. The Morgan fingerprint density at radius 3 is 2.34 bits per heavy atom. The third-order valence-corrected chi connectivity index (χ3v) is 8.81. The molecule has 1 atom stereocenters. The Labute approximate surface area is 290 Å². The first kappa shape index (κ1) is 34.6. The van der Waals surface area contributed by atoms with E-state index in [1.807, 2.05) is 98.0 Å². The van der Waals surface area contributed by atoms with Gasteiger partial charge >= 0.3 is 0 Å². The van der Waals surface area contributed by atoms with Gasteiger partial charge in [0, 0.05) is 30.6 Å². The number of aromatic amines is 1. The van der Waals surface area contributed by atoms with Crippen LogP contribution in [0.5, 0.6) is 11.5 Å². The Hall–Kier alpha value is -5.26. The molecule has 0 saturated heterocycles. The van der Waals surface area contributed by atoms with Crippen LogP contribution in [0.2, 0.25) is 0 Å². The first-order valence-electron chi connectivity index (χ1n) is 16.7. The van der Waals surface area contributed by atoms with Crippen molar-refractivity contribution in [1.29, 1.82) is 0 Å². The number of pyridine rings is 1. The number of phenolic OH excluding ortho intramolecular Hbond substituents is 1. The average molecular weight is 675 g/mol. The first-order chi connectivity index (χ1) is 24.3. The molecular weight excluding hydrogens is 632 g/mol. The minimum absolute atomic E-state index is 0.0303. The maximum Gasteiger partial charge on any atom is 0.248 e. The van der Waals surface area contributed by atoms with E-state index in [0.717, 1.165) is 41.8 Å². The van der Waals surface area contributed by atoms with Crippen molar-refractivity contribution >= 4 is 10.9 Å². The lowest BCUT2D eigenvalue weighted by Gasteiger charge is -2.27. The molecule has 5 N–H and O–H groups in total. The Morgan fingerprint density at radius 1 is 0.940 bits per heavy atom. The fourth-order valence-electron chi connectivity index (χ4n) is 6.13. The van der Waals surface area contributed by atoms with Gasteiger partial charge in [0.1, 0.15) is 17.2 Å². The van der Waals surface area contributed by atoms with Gasteiger partial charge in [-0.15, -0.1) is 0 Å². The summed E-state index contributed by atoms with van der Waals surface area (Å²) in [4.78, 5) is 16.4. The number of ether oxygens (including phenoxy) is 1. The van der Waals surface area contributed by atoms with Crippen LogP contribution in [0.4, 0.5) is 0 Å². The molecular formula is C40H42N4O6. The van der Waals surface area contributed by atoms with Gasteiger partial charge in [0.15, 0.2) is 11.4 Å². The van der Waals surface area contributed by atoms with Crippen LogP contribution in [0.3, 0.4) is 0 Å². The van der Waals surface area contributed by atoms with Crippen LogP contribution < -0.4 is 15.6 Å². The van der Waals surface area contributed by atoms with Crippen LogP contribution >= 0.6 is 0 Å². The molecule has 0 spiro atoms. The maximum absolute atomic E-state index is 11.9. The summed E-state index contributed by atoms with van der Waals surface area (Å²) in [6, 6.07) is 35.0. The monoisotopic (exact) mass is 674 g/mol. The molecule has 0 aliphatic rings. The summed E-state index contributed by atoms with van der Waals surface area (Å²) in [7, 11) is 2.01. The molecule has 0 fully saturated rings. The molecule has 2 heterocycles. The van der Waals surface area contributed by atoms with Gasteiger partial charge in [-0.2, -0.15) is 0 Å². The number of rotatable bonds is 16. The second-order valence-electron chi connectivity index (χ2n) is 12.5. The van der Waals surface area contributed by atoms with Gasteiger partial charge < -0.3 is 34.9 Å². The van der Waals surface area contributed by atoms with Crippen LogP contribution in [-0.4, -0.2) is 63.6 Å². The number of fused-ring (bicyclic) bond motifs is 1. The zero-order chi connectivity index (χ0) is 34.9. The number of nitrogens with zero attached hydrogens (tertiary/aromatic N) is 2. The van der Waals surface area contributed by atoms with Gasteiger partial charge in [0.05, 0.1) is 24.8 Å². The van der Waals surface area contributed by atoms with E-state index in [9.17, 15) is 20.1 Å². The molecule has 0 bridgehead atoms. The Morgan fingerprint density at radius 2 is 1.64 bits per heavy atom. The zero-order valence-electron chi connectivity index (χ0n) is 28.0. The number of hydrogen-bond donors (Lipinski definition) is 5. The van der Waals surface area contributed by atoms with Crippen LogP contribution in [0, 0.1) is 0 Å². The predicted octanol–water partition coefficient (Wildman–Crippen LogP) is 5.27. The number of aromatic nitrogens is 2. The molecule has 0 aliphatic heterocycles. The van der Waals surface area contributed by atoms with E-state index in [-0.39, 0.29) is 11.3 Å². The molecule has 6 aromatic rings. The predicted molar refractivity (Wildman–Crippen MR) is 192 cm³/mol. The van der Waals surface area contributed by atoms with E-state index in [1.54, 1.807) is 12.1 Å². The summed E-state index contributed by atoms with van der Waals surface area (Å²) in [5, 5.41) is 41.0. The number of phenols is 1. The van der Waals surface area contributed by atoms with Crippen molar-refractivity contribution in [2.24, 2.45) is 0 Å². The SMILES string of the molecule is CN(CCCOc1ccc(CCNC[C@H](O)c2ccc(O)c3[nH]c(=O)ccc23)cc1)Cc1cc(C(O)(c2ccccc2)c2ccccc2)no1. The Balaban J connectivity index is 0.924. The van der Waals surface area contributed by atoms with Gasteiger partial charge in [-0.05, 0) is 73.0 Å². The van der Waals surface area contributed by atoms with Gasteiger partial charge in [0.2, 0.25) is 5.56 Å². The highest BCUT2D eigenvalue weighted by Gasteiger charge is 2.37. The van der Waals surface area contributed by atoms with Gasteiger partial charge in [0.25, 0.3) is 0 Å². The normalized spacial score (nSPS) is 12.4. The summed E-state index contributed by atoms with van der Waals surface area (Å²) in [5.74, 6) is 1.44. The molecule has 6 rings (SSSR count). The third kappa shape index (κ3) is 8.12. The maximum atomic E-state index is 11.9. The highest BCUT2D eigenvalue weighted by molar-refractivity contribution is 5.87. The fraction of sp³-hybridized carbons (Fsp3) is 0.250. The van der Waals surface area contributed by atoms with Crippen molar-refractivity contribution in [2.45, 2.75) is 31.1 Å². The van der Waals surface area contributed by atoms with Crippen molar-refractivity contribution in [2.75, 3.05) is 33.3 Å². The molecule has 0 unspecified atom stereocenters. The lowest BCUT2D eigenvalue weighted by atomic mass is 9.83. The second-order valence-corrected chi connectivity index (χ2v) is 12.5. The van der Waals surface area contributed by atoms with Crippen LogP contribution in [-0.2, 0) is 18.6 Å². The summed E-state index contributed by atoms with van der Waals surface area (Å²) in [6.45, 7) is 2.88. The van der Waals surface area contributed by atoms with Crippen LogP contribution in [0.25, 0.3) is 10.9 Å². The van der Waals surface area contributed by atoms with Gasteiger partial charge in [-0.1, -0.05) is 84.0 Å². The standard InChI is InChI=1S/C40H42N4O6/c1-44(27-32-25-37(43-50-32)40(48,29-9-4-2-5-10-29)30-11-6-3-7-12-30)23-8-24-49-31-15-13-28(14-16-31)21-22-41-26-36(46)33-17-19-35(45)39-34(33)18-20-38(47)42-39/h2-7,9-20,25,36,41,45-46,48H,8,21-24,26-27H2,1H3,(H,42,47)/t36-/m0/s1. The Kier molecular flexibility index (Phi) is 11.0. The molecule has 0 radical (unpaired) electrons. The highest BCUT2D eigenvalue weighted by atomic mass is 16.5. The molecule has 10 heteroatoms. The highest BCUT2D eigenvalue weighted by Crippen LogP contribution is 2.36. The topological polar surface area (TPSA) is 144 Å². The molecule has 0 saturated carbocycles. The Bertz CT molecular complexity index is 1990. The van der Waals surface area contributed by atoms with E-state index in [4.69, 9.17) is 9.26 Å². The lowest BCUT2D eigenvalue weighted by molar-refractivity contribution is 0.116. The van der Waals surface area contributed by atoms with E-state index in [0.29, 0.717) is 54.2 Å². The molecule has 4 aromatic carbocycles. The summed E-state index contributed by atoms with van der Waals surface area (Å²) >= 11 is 0. The largest absolute Gasteiger partial charge is 0.506 e. The van der Waals surface area contributed by atoms with Crippen molar-refractivity contribution in [3.05, 3.63) is 159 Å². The molecule has 258 valence electrons. The minimum atomic E-state index is -1.43.